The highest BCUT2D eigenvalue weighted by molar-refractivity contribution is 6.07. The minimum atomic E-state index is -0.390. The molecule has 1 N–H and O–H groups in total. The van der Waals surface area contributed by atoms with Crippen LogP contribution in [0.5, 0.6) is 5.75 Å². The molecule has 0 amide bonds. The fourth-order valence-corrected chi connectivity index (χ4v) is 2.42. The summed E-state index contributed by atoms with van der Waals surface area (Å²) in [5.74, 6) is -0.179. The van der Waals surface area contributed by atoms with E-state index in [4.69, 9.17) is 4.74 Å². The van der Waals surface area contributed by atoms with Gasteiger partial charge in [0.05, 0.1) is 25.2 Å². The van der Waals surface area contributed by atoms with Gasteiger partial charge in [-0.05, 0) is 31.2 Å². The van der Waals surface area contributed by atoms with E-state index in [1.54, 1.807) is 6.07 Å². The van der Waals surface area contributed by atoms with E-state index in [0.29, 0.717) is 13.2 Å². The molecule has 2 aromatic rings. The summed E-state index contributed by atoms with van der Waals surface area (Å²) in [6.45, 7) is 3.12. The first-order chi connectivity index (χ1) is 10.2. The Hall–Kier alpha value is -2.27. The third kappa shape index (κ3) is 2.64. The van der Waals surface area contributed by atoms with Crippen LogP contribution >= 0.6 is 0 Å². The van der Waals surface area contributed by atoms with Gasteiger partial charge in [-0.3, -0.25) is 15.3 Å². The van der Waals surface area contributed by atoms with Gasteiger partial charge in [0.15, 0.2) is 11.6 Å². The first kappa shape index (κ1) is 13.7. The number of rotatable bonds is 3. The Kier molecular flexibility index (Phi) is 3.66. The molecule has 0 bridgehead atoms. The second-order valence-corrected chi connectivity index (χ2v) is 4.89. The fraction of sp³-hybridized carbons (Fsp3) is 0.250. The zero-order valence-corrected chi connectivity index (χ0v) is 12.0. The molecule has 1 aliphatic rings. The second-order valence-electron chi connectivity index (χ2n) is 4.89. The van der Waals surface area contributed by atoms with Gasteiger partial charge in [0.25, 0.3) is 0 Å². The SMILES string of the molecule is COc1cc(-c2cccc(C)n2)c(C2=NCNC2)cc1F. The molecule has 0 fully saturated rings. The average Bonchev–Trinajstić information content (AvgIpc) is 3.01. The van der Waals surface area contributed by atoms with E-state index in [2.05, 4.69) is 15.3 Å². The van der Waals surface area contributed by atoms with Crippen LogP contribution in [-0.4, -0.2) is 31.0 Å². The van der Waals surface area contributed by atoms with Crippen molar-refractivity contribution in [3.8, 4) is 17.0 Å². The molecule has 0 radical (unpaired) electrons. The number of hydrogen-bond acceptors (Lipinski definition) is 4. The molecule has 1 aliphatic heterocycles. The second kappa shape index (κ2) is 5.61. The van der Waals surface area contributed by atoms with Gasteiger partial charge in [0, 0.05) is 23.4 Å². The number of pyridine rings is 1. The summed E-state index contributed by atoms with van der Waals surface area (Å²) in [5.41, 5.74) is 4.14. The van der Waals surface area contributed by atoms with Gasteiger partial charge in [-0.2, -0.15) is 0 Å². The van der Waals surface area contributed by atoms with Gasteiger partial charge in [-0.25, -0.2) is 4.39 Å². The van der Waals surface area contributed by atoms with E-state index < -0.39 is 5.82 Å². The standard InChI is InChI=1S/C16H16FN3O/c1-10-4-3-5-14(20-10)12-7-16(21-2)13(17)6-11(12)15-8-18-9-19-15/h3-7,18H,8-9H2,1-2H3. The third-order valence-corrected chi connectivity index (χ3v) is 3.44. The number of nitrogens with one attached hydrogen (secondary N) is 1. The lowest BCUT2D eigenvalue weighted by atomic mass is 9.99. The summed E-state index contributed by atoms with van der Waals surface area (Å²) in [6, 6.07) is 8.94. The molecule has 0 unspecified atom stereocenters. The van der Waals surface area contributed by atoms with Crippen molar-refractivity contribution in [3.05, 3.63) is 47.4 Å². The molecule has 1 aromatic heterocycles. The highest BCUT2D eigenvalue weighted by Gasteiger charge is 2.18. The zero-order valence-electron chi connectivity index (χ0n) is 12.0. The summed E-state index contributed by atoms with van der Waals surface area (Å²) in [7, 11) is 1.46. The maximum Gasteiger partial charge on any atom is 0.165 e. The van der Waals surface area contributed by atoms with E-state index >= 15 is 0 Å². The molecule has 0 atom stereocenters. The predicted molar refractivity (Wildman–Crippen MR) is 80.3 cm³/mol. The first-order valence-corrected chi connectivity index (χ1v) is 6.75. The third-order valence-electron chi connectivity index (χ3n) is 3.44. The quantitative estimate of drug-likeness (QED) is 0.942. The summed E-state index contributed by atoms with van der Waals surface area (Å²) >= 11 is 0. The fourth-order valence-electron chi connectivity index (χ4n) is 2.42. The maximum atomic E-state index is 14.1. The molecule has 2 heterocycles. The lowest BCUT2D eigenvalue weighted by Crippen LogP contribution is -2.15. The molecular formula is C16H16FN3O. The van der Waals surface area contributed by atoms with Crippen LogP contribution in [0.25, 0.3) is 11.3 Å². The minimum Gasteiger partial charge on any atom is -0.494 e. The highest BCUT2D eigenvalue weighted by Crippen LogP contribution is 2.30. The molecule has 0 saturated carbocycles. The van der Waals surface area contributed by atoms with E-state index in [1.165, 1.54) is 13.2 Å². The molecule has 0 aliphatic carbocycles. The molecule has 108 valence electrons. The van der Waals surface area contributed by atoms with Crippen LogP contribution in [0.15, 0.2) is 35.3 Å². The molecule has 4 nitrogen and oxygen atoms in total. The minimum absolute atomic E-state index is 0.212. The Morgan fingerprint density at radius 2 is 2.10 bits per heavy atom. The van der Waals surface area contributed by atoms with Gasteiger partial charge in [-0.1, -0.05) is 6.07 Å². The van der Waals surface area contributed by atoms with Crippen molar-refractivity contribution in [2.45, 2.75) is 6.92 Å². The molecule has 1 aromatic carbocycles. The van der Waals surface area contributed by atoms with Gasteiger partial charge in [0.2, 0.25) is 0 Å². The molecule has 0 saturated heterocycles. The van der Waals surface area contributed by atoms with Crippen LogP contribution in [0.2, 0.25) is 0 Å². The van der Waals surface area contributed by atoms with E-state index in [-0.39, 0.29) is 5.75 Å². The summed E-state index contributed by atoms with van der Waals surface area (Å²) < 4.78 is 19.2. The highest BCUT2D eigenvalue weighted by atomic mass is 19.1. The average molecular weight is 285 g/mol. The molecule has 3 rings (SSSR count). The Labute approximate surface area is 122 Å². The van der Waals surface area contributed by atoms with Crippen LogP contribution in [0.4, 0.5) is 4.39 Å². The predicted octanol–water partition coefficient (Wildman–Crippen LogP) is 2.55. The first-order valence-electron chi connectivity index (χ1n) is 6.75. The lowest BCUT2D eigenvalue weighted by Gasteiger charge is -2.12. The monoisotopic (exact) mass is 285 g/mol. The van der Waals surface area contributed by atoms with Crippen LogP contribution in [0.1, 0.15) is 11.3 Å². The van der Waals surface area contributed by atoms with Crippen molar-refractivity contribution in [1.29, 1.82) is 0 Å². The number of hydrogen-bond donors (Lipinski definition) is 1. The molecule has 5 heteroatoms. The van der Waals surface area contributed by atoms with Crippen LogP contribution in [0.3, 0.4) is 0 Å². The number of ether oxygens (including phenoxy) is 1. The van der Waals surface area contributed by atoms with Crippen LogP contribution in [-0.2, 0) is 0 Å². The van der Waals surface area contributed by atoms with Gasteiger partial charge >= 0.3 is 0 Å². The van der Waals surface area contributed by atoms with Crippen molar-refractivity contribution in [2.75, 3.05) is 20.3 Å². The Morgan fingerprint density at radius 1 is 1.24 bits per heavy atom. The molecular weight excluding hydrogens is 269 g/mol. The number of aryl methyl sites for hydroxylation is 1. The normalized spacial score (nSPS) is 14.1. The molecule has 21 heavy (non-hydrogen) atoms. The number of aliphatic imine (C=N–C) groups is 1. The van der Waals surface area contributed by atoms with E-state index in [1.807, 2.05) is 25.1 Å². The number of benzene rings is 1. The van der Waals surface area contributed by atoms with E-state index in [9.17, 15) is 4.39 Å². The largest absolute Gasteiger partial charge is 0.494 e. The summed E-state index contributed by atoms with van der Waals surface area (Å²) in [5, 5.41) is 3.13. The Morgan fingerprint density at radius 3 is 2.76 bits per heavy atom. The summed E-state index contributed by atoms with van der Waals surface area (Å²) in [4.78, 5) is 8.91. The van der Waals surface area contributed by atoms with Crippen molar-refractivity contribution in [3.63, 3.8) is 0 Å². The topological polar surface area (TPSA) is 46.5 Å². The number of methoxy groups -OCH3 is 1. The van der Waals surface area contributed by atoms with Gasteiger partial charge < -0.3 is 4.74 Å². The lowest BCUT2D eigenvalue weighted by molar-refractivity contribution is 0.386. The smallest absolute Gasteiger partial charge is 0.165 e. The zero-order chi connectivity index (χ0) is 14.8. The maximum absolute atomic E-state index is 14.1. The van der Waals surface area contributed by atoms with Crippen molar-refractivity contribution in [2.24, 2.45) is 4.99 Å². The number of halogens is 1. The van der Waals surface area contributed by atoms with Gasteiger partial charge in [-0.15, -0.1) is 0 Å². The van der Waals surface area contributed by atoms with Crippen LogP contribution < -0.4 is 10.1 Å². The Balaban J connectivity index is 2.20. The van der Waals surface area contributed by atoms with Gasteiger partial charge in [0.1, 0.15) is 0 Å². The van der Waals surface area contributed by atoms with Crippen molar-refractivity contribution < 1.29 is 9.13 Å². The summed E-state index contributed by atoms with van der Waals surface area (Å²) in [6.07, 6.45) is 0. The van der Waals surface area contributed by atoms with Crippen LogP contribution in [0, 0.1) is 12.7 Å². The Bertz CT molecular complexity index is 713. The number of aromatic nitrogens is 1. The van der Waals surface area contributed by atoms with E-state index in [0.717, 1.165) is 28.2 Å². The van der Waals surface area contributed by atoms with Crippen molar-refractivity contribution >= 4 is 5.71 Å². The van der Waals surface area contributed by atoms with Crippen molar-refractivity contribution in [1.82, 2.24) is 10.3 Å². The molecule has 0 spiro atoms. The number of nitrogens with zero attached hydrogens (tertiary/aromatic N) is 2.